The fourth-order valence-electron chi connectivity index (χ4n) is 3.30. The first-order valence-electron chi connectivity index (χ1n) is 11.1. The Morgan fingerprint density at radius 1 is 1.06 bits per heavy atom. The molecular weight excluding hydrogens is 533 g/mol. The van der Waals surface area contributed by atoms with E-state index in [-0.39, 0.29) is 18.1 Å². The lowest BCUT2D eigenvalue weighted by atomic mass is 10.1. The van der Waals surface area contributed by atoms with Gasteiger partial charge in [-0.25, -0.2) is 8.42 Å². The molecule has 192 valence electrons. The van der Waals surface area contributed by atoms with Crippen LogP contribution in [0.3, 0.4) is 0 Å². The second kappa shape index (κ2) is 12.8. The summed E-state index contributed by atoms with van der Waals surface area (Å²) in [4.78, 5) is 27.7. The molecule has 1 N–H and O–H groups in total. The molecule has 0 unspecified atom stereocenters. The zero-order valence-electron chi connectivity index (χ0n) is 20.1. The number of anilines is 1. The van der Waals surface area contributed by atoms with Crippen molar-refractivity contribution in [2.45, 2.75) is 46.2 Å². The molecule has 0 aromatic heterocycles. The Balaban J connectivity index is 2.40. The molecule has 0 aliphatic carbocycles. The number of sulfonamides is 1. The highest BCUT2D eigenvalue weighted by Crippen LogP contribution is 2.26. The van der Waals surface area contributed by atoms with Crippen LogP contribution in [0.15, 0.2) is 36.4 Å². The number of halogens is 3. The number of nitrogens with one attached hydrogen (secondary N) is 1. The molecule has 1 atom stereocenters. The third kappa shape index (κ3) is 8.27. The minimum atomic E-state index is -3.84. The number of hydrogen-bond acceptors (Lipinski definition) is 4. The van der Waals surface area contributed by atoms with E-state index < -0.39 is 28.5 Å². The Kier molecular flexibility index (Phi) is 10.7. The third-order valence-corrected chi connectivity index (χ3v) is 7.61. The molecule has 0 aliphatic rings. The molecule has 0 aliphatic heterocycles. The number of aryl methyl sites for hydroxylation is 1. The van der Waals surface area contributed by atoms with Crippen molar-refractivity contribution < 1.29 is 18.0 Å². The average molecular weight is 563 g/mol. The maximum absolute atomic E-state index is 13.5. The third-order valence-electron chi connectivity index (χ3n) is 5.48. The summed E-state index contributed by atoms with van der Waals surface area (Å²) in [5.74, 6) is -0.919. The summed E-state index contributed by atoms with van der Waals surface area (Å²) >= 11 is 18.5. The van der Waals surface area contributed by atoms with Gasteiger partial charge in [0, 0.05) is 28.2 Å². The first kappa shape index (κ1) is 29.2. The van der Waals surface area contributed by atoms with Crippen molar-refractivity contribution in [3.05, 3.63) is 62.6 Å². The first-order chi connectivity index (χ1) is 16.3. The lowest BCUT2D eigenvalue weighted by Gasteiger charge is -2.31. The van der Waals surface area contributed by atoms with E-state index in [1.807, 2.05) is 6.92 Å². The SMILES string of the molecule is CCCCNC(=O)[C@H](C)N(Cc1ccc(Cl)cc1Cl)C(=O)CN(c1ccc(C)c(Cl)c1)S(C)(=O)=O. The lowest BCUT2D eigenvalue weighted by molar-refractivity contribution is -0.139. The van der Waals surface area contributed by atoms with Gasteiger partial charge in [0.1, 0.15) is 12.6 Å². The number of carbonyl (C=O) groups excluding carboxylic acids is 2. The topological polar surface area (TPSA) is 86.8 Å². The quantitative estimate of drug-likeness (QED) is 0.388. The van der Waals surface area contributed by atoms with Gasteiger partial charge in [0.05, 0.1) is 11.9 Å². The summed E-state index contributed by atoms with van der Waals surface area (Å²) in [6, 6.07) is 8.71. The molecule has 2 aromatic rings. The molecule has 0 spiro atoms. The number of hydrogen-bond donors (Lipinski definition) is 1. The molecule has 2 amide bonds. The Hall–Kier alpha value is -2.00. The summed E-state index contributed by atoms with van der Waals surface area (Å²) < 4.78 is 26.2. The number of benzene rings is 2. The van der Waals surface area contributed by atoms with Crippen LogP contribution in [0, 0.1) is 6.92 Å². The fraction of sp³-hybridized carbons (Fsp3) is 0.417. The van der Waals surface area contributed by atoms with Gasteiger partial charge >= 0.3 is 0 Å². The zero-order valence-corrected chi connectivity index (χ0v) is 23.2. The monoisotopic (exact) mass is 561 g/mol. The molecule has 0 saturated carbocycles. The zero-order chi connectivity index (χ0) is 26.3. The summed E-state index contributed by atoms with van der Waals surface area (Å²) in [5.41, 5.74) is 1.59. The van der Waals surface area contributed by atoms with Crippen molar-refractivity contribution in [3.8, 4) is 0 Å². The van der Waals surface area contributed by atoms with E-state index >= 15 is 0 Å². The summed E-state index contributed by atoms with van der Waals surface area (Å²) in [5, 5.41) is 3.96. The molecule has 2 rings (SSSR count). The predicted octanol–water partition coefficient (Wildman–Crippen LogP) is 5.05. The lowest BCUT2D eigenvalue weighted by Crippen LogP contribution is -2.51. The highest BCUT2D eigenvalue weighted by Gasteiger charge is 2.30. The van der Waals surface area contributed by atoms with E-state index in [0.29, 0.717) is 27.2 Å². The summed E-state index contributed by atoms with van der Waals surface area (Å²) in [6.45, 7) is 5.33. The van der Waals surface area contributed by atoms with Crippen LogP contribution in [0.2, 0.25) is 15.1 Å². The van der Waals surface area contributed by atoms with E-state index in [1.54, 1.807) is 44.2 Å². The predicted molar refractivity (Wildman–Crippen MR) is 143 cm³/mol. The standard InChI is InChI=1S/C24H30Cl3N3O4S/c1-5-6-11-28-24(32)17(3)29(14-18-8-9-19(25)12-22(18)27)23(31)15-30(35(4,33)34)20-10-7-16(2)21(26)13-20/h7-10,12-13,17H,5-6,11,14-15H2,1-4H3,(H,28,32)/t17-/m0/s1. The van der Waals surface area contributed by atoms with Gasteiger partial charge in [-0.2, -0.15) is 0 Å². The van der Waals surface area contributed by atoms with Crippen LogP contribution >= 0.6 is 34.8 Å². The molecule has 35 heavy (non-hydrogen) atoms. The normalized spacial score (nSPS) is 12.2. The highest BCUT2D eigenvalue weighted by atomic mass is 35.5. The average Bonchev–Trinajstić information content (AvgIpc) is 2.77. The number of rotatable bonds is 11. The minimum absolute atomic E-state index is 0.0105. The van der Waals surface area contributed by atoms with Gasteiger partial charge in [0.25, 0.3) is 0 Å². The number of unbranched alkanes of at least 4 members (excludes halogenated alkanes) is 1. The van der Waals surface area contributed by atoms with Gasteiger partial charge in [0.2, 0.25) is 21.8 Å². The van der Waals surface area contributed by atoms with Gasteiger partial charge in [0.15, 0.2) is 0 Å². The highest BCUT2D eigenvalue weighted by molar-refractivity contribution is 7.92. The van der Waals surface area contributed by atoms with Gasteiger partial charge in [-0.3, -0.25) is 13.9 Å². The van der Waals surface area contributed by atoms with Crippen LogP contribution in [-0.2, 0) is 26.2 Å². The second-order valence-electron chi connectivity index (χ2n) is 8.28. The van der Waals surface area contributed by atoms with Crippen LogP contribution in [-0.4, -0.2) is 50.5 Å². The van der Waals surface area contributed by atoms with E-state index in [4.69, 9.17) is 34.8 Å². The molecule has 2 aromatic carbocycles. The van der Waals surface area contributed by atoms with Crippen molar-refractivity contribution in [3.63, 3.8) is 0 Å². The Morgan fingerprint density at radius 2 is 1.74 bits per heavy atom. The van der Waals surface area contributed by atoms with Crippen molar-refractivity contribution >= 4 is 62.3 Å². The molecule has 0 bridgehead atoms. The van der Waals surface area contributed by atoms with Gasteiger partial charge < -0.3 is 10.2 Å². The molecular formula is C24H30Cl3N3O4S. The fourth-order valence-corrected chi connectivity index (χ4v) is 4.79. The molecule has 7 nitrogen and oxygen atoms in total. The summed E-state index contributed by atoms with van der Waals surface area (Å²) in [6.07, 6.45) is 2.71. The number of carbonyl (C=O) groups is 2. The van der Waals surface area contributed by atoms with Crippen LogP contribution < -0.4 is 9.62 Å². The maximum atomic E-state index is 13.5. The number of amides is 2. The van der Waals surface area contributed by atoms with E-state index in [1.165, 1.54) is 11.0 Å². The molecule has 0 heterocycles. The van der Waals surface area contributed by atoms with Gasteiger partial charge in [-0.1, -0.05) is 60.3 Å². The van der Waals surface area contributed by atoms with Crippen LogP contribution in [0.25, 0.3) is 0 Å². The van der Waals surface area contributed by atoms with Crippen molar-refractivity contribution in [2.75, 3.05) is 23.7 Å². The van der Waals surface area contributed by atoms with Crippen molar-refractivity contribution in [2.24, 2.45) is 0 Å². The van der Waals surface area contributed by atoms with Gasteiger partial charge in [-0.05, 0) is 55.7 Å². The minimum Gasteiger partial charge on any atom is -0.354 e. The van der Waals surface area contributed by atoms with Crippen LogP contribution in [0.5, 0.6) is 0 Å². The van der Waals surface area contributed by atoms with E-state index in [2.05, 4.69) is 5.32 Å². The van der Waals surface area contributed by atoms with Crippen LogP contribution in [0.1, 0.15) is 37.8 Å². The van der Waals surface area contributed by atoms with E-state index in [9.17, 15) is 18.0 Å². The Bertz CT molecular complexity index is 1170. The molecule has 0 radical (unpaired) electrons. The summed E-state index contributed by atoms with van der Waals surface area (Å²) in [7, 11) is -3.84. The first-order valence-corrected chi connectivity index (χ1v) is 14.1. The Morgan fingerprint density at radius 3 is 2.31 bits per heavy atom. The second-order valence-corrected chi connectivity index (χ2v) is 11.4. The van der Waals surface area contributed by atoms with Crippen molar-refractivity contribution in [1.29, 1.82) is 0 Å². The molecule has 0 saturated heterocycles. The maximum Gasteiger partial charge on any atom is 0.244 e. The smallest absolute Gasteiger partial charge is 0.244 e. The Labute approximate surface area is 222 Å². The van der Waals surface area contributed by atoms with Crippen LogP contribution in [0.4, 0.5) is 5.69 Å². The molecule has 11 heteroatoms. The largest absolute Gasteiger partial charge is 0.354 e. The molecule has 0 fully saturated rings. The van der Waals surface area contributed by atoms with Crippen molar-refractivity contribution in [1.82, 2.24) is 10.2 Å². The van der Waals surface area contributed by atoms with E-state index in [0.717, 1.165) is 29.0 Å². The number of nitrogens with zero attached hydrogens (tertiary/aromatic N) is 2. The van der Waals surface area contributed by atoms with Gasteiger partial charge in [-0.15, -0.1) is 0 Å².